The predicted molar refractivity (Wildman–Crippen MR) is 117 cm³/mol. The number of hydrogen-bond acceptors (Lipinski definition) is 5. The number of benzene rings is 2. The molecular formula is C26H20F3NO4. The molecule has 2 aliphatic rings. The van der Waals surface area contributed by atoms with Gasteiger partial charge in [0.1, 0.15) is 11.6 Å². The van der Waals surface area contributed by atoms with Gasteiger partial charge in [-0.05, 0) is 74.2 Å². The molecule has 0 atom stereocenters. The first-order valence-electron chi connectivity index (χ1n) is 10.8. The summed E-state index contributed by atoms with van der Waals surface area (Å²) in [5, 5.41) is 0. The maximum absolute atomic E-state index is 14.0. The molecular weight excluding hydrogens is 447 g/mol. The molecule has 5 rings (SSSR count). The third kappa shape index (κ3) is 3.83. The minimum absolute atomic E-state index is 0.0227. The fourth-order valence-corrected chi connectivity index (χ4v) is 4.34. The highest BCUT2D eigenvalue weighted by Gasteiger charge is 2.52. The van der Waals surface area contributed by atoms with E-state index in [0.29, 0.717) is 35.4 Å². The Kier molecular flexibility index (Phi) is 5.00. The molecule has 174 valence electrons. The largest absolute Gasteiger partial charge is 0.586 e. The maximum Gasteiger partial charge on any atom is 0.586 e. The Morgan fingerprint density at radius 1 is 1.00 bits per heavy atom. The van der Waals surface area contributed by atoms with E-state index in [0.717, 1.165) is 5.56 Å². The molecule has 0 N–H and O–H groups in total. The lowest BCUT2D eigenvalue weighted by molar-refractivity contribution is -0.286. The van der Waals surface area contributed by atoms with Crippen LogP contribution in [0.1, 0.15) is 46.9 Å². The van der Waals surface area contributed by atoms with Crippen molar-refractivity contribution in [3.63, 3.8) is 0 Å². The fraction of sp³-hybridized carbons (Fsp3) is 0.269. The average molecular weight is 467 g/mol. The van der Waals surface area contributed by atoms with E-state index in [1.165, 1.54) is 31.2 Å². The summed E-state index contributed by atoms with van der Waals surface area (Å²) < 4.78 is 49.7. The molecule has 1 aliphatic heterocycles. The predicted octanol–water partition coefficient (Wildman–Crippen LogP) is 5.56. The molecule has 5 nitrogen and oxygen atoms in total. The third-order valence-electron chi connectivity index (χ3n) is 6.35. The summed E-state index contributed by atoms with van der Waals surface area (Å²) in [6.07, 6.45) is -2.48. The molecule has 0 amide bonds. The van der Waals surface area contributed by atoms with Crippen molar-refractivity contribution in [3.05, 3.63) is 76.7 Å². The molecule has 1 aliphatic carbocycles. The Morgan fingerprint density at radius 2 is 1.74 bits per heavy atom. The van der Waals surface area contributed by atoms with Crippen LogP contribution in [0.25, 0.3) is 11.3 Å². The SMILES string of the molecule is CC(=O)c1cc(-c2nc(CC(=O)C3(c4ccc5c(c4)OC(F)(F)O5)CC3)ccc2C)ccc1F. The van der Waals surface area contributed by atoms with E-state index < -0.39 is 17.5 Å². The van der Waals surface area contributed by atoms with Gasteiger partial charge in [-0.15, -0.1) is 8.78 Å². The van der Waals surface area contributed by atoms with E-state index in [-0.39, 0.29) is 35.0 Å². The van der Waals surface area contributed by atoms with E-state index in [1.54, 1.807) is 18.2 Å². The van der Waals surface area contributed by atoms with Crippen molar-refractivity contribution < 1.29 is 32.2 Å². The highest BCUT2D eigenvalue weighted by Crippen LogP contribution is 2.52. The standard InChI is InChI=1S/C26H20F3NO4/c1-14-3-6-18(30-24(14)16-4-7-20(27)19(11-16)15(2)31)13-23(32)25(9-10-25)17-5-8-21-22(12-17)34-26(28,29)33-21/h3-8,11-12H,9-10,13H2,1-2H3. The molecule has 34 heavy (non-hydrogen) atoms. The minimum Gasteiger partial charge on any atom is -0.395 e. The van der Waals surface area contributed by atoms with Crippen LogP contribution in [0.5, 0.6) is 11.5 Å². The lowest BCUT2D eigenvalue weighted by Gasteiger charge is -2.16. The van der Waals surface area contributed by atoms with Crippen molar-refractivity contribution in [1.82, 2.24) is 4.98 Å². The lowest BCUT2D eigenvalue weighted by atomic mass is 9.88. The van der Waals surface area contributed by atoms with Crippen molar-refractivity contribution in [3.8, 4) is 22.8 Å². The Morgan fingerprint density at radius 3 is 2.44 bits per heavy atom. The topological polar surface area (TPSA) is 65.5 Å². The van der Waals surface area contributed by atoms with Gasteiger partial charge in [0.15, 0.2) is 17.3 Å². The van der Waals surface area contributed by atoms with Crippen LogP contribution < -0.4 is 9.47 Å². The number of halogens is 3. The number of nitrogens with zero attached hydrogens (tertiary/aromatic N) is 1. The number of fused-ring (bicyclic) bond motifs is 1. The van der Waals surface area contributed by atoms with Gasteiger partial charge >= 0.3 is 6.29 Å². The monoisotopic (exact) mass is 467 g/mol. The minimum atomic E-state index is -3.72. The quantitative estimate of drug-likeness (QED) is 0.444. The number of ketones is 2. The van der Waals surface area contributed by atoms with Gasteiger partial charge in [0.25, 0.3) is 0 Å². The van der Waals surface area contributed by atoms with Crippen molar-refractivity contribution in [1.29, 1.82) is 0 Å². The van der Waals surface area contributed by atoms with E-state index in [1.807, 2.05) is 13.0 Å². The molecule has 1 fully saturated rings. The summed E-state index contributed by atoms with van der Waals surface area (Å²) >= 11 is 0. The molecule has 0 saturated heterocycles. The first kappa shape index (κ1) is 22.1. The van der Waals surface area contributed by atoms with Gasteiger partial charge in [0, 0.05) is 17.7 Å². The molecule has 3 aromatic rings. The zero-order valence-electron chi connectivity index (χ0n) is 18.5. The van der Waals surface area contributed by atoms with Crippen molar-refractivity contribution in [2.75, 3.05) is 0 Å². The van der Waals surface area contributed by atoms with Crippen LogP contribution in [0, 0.1) is 12.7 Å². The lowest BCUT2D eigenvalue weighted by Crippen LogP contribution is -2.26. The molecule has 0 spiro atoms. The van der Waals surface area contributed by atoms with Crippen LogP contribution >= 0.6 is 0 Å². The second-order valence-corrected chi connectivity index (χ2v) is 8.73. The molecule has 2 heterocycles. The fourth-order valence-electron chi connectivity index (χ4n) is 4.34. The van der Waals surface area contributed by atoms with Crippen molar-refractivity contribution in [2.24, 2.45) is 0 Å². The number of alkyl halides is 2. The first-order chi connectivity index (χ1) is 16.1. The third-order valence-corrected chi connectivity index (χ3v) is 6.35. The Bertz CT molecular complexity index is 1350. The van der Waals surface area contributed by atoms with E-state index in [4.69, 9.17) is 0 Å². The Hall–Kier alpha value is -3.68. The summed E-state index contributed by atoms with van der Waals surface area (Å²) in [5.74, 6) is -1.22. The first-order valence-corrected chi connectivity index (χ1v) is 10.8. The van der Waals surface area contributed by atoms with Crippen LogP contribution in [0.15, 0.2) is 48.5 Å². The van der Waals surface area contributed by atoms with Gasteiger partial charge in [-0.2, -0.15) is 0 Å². The summed E-state index contributed by atoms with van der Waals surface area (Å²) in [4.78, 5) is 29.7. The van der Waals surface area contributed by atoms with Crippen molar-refractivity contribution in [2.45, 2.75) is 44.8 Å². The number of carbonyl (C=O) groups excluding carboxylic acids is 2. The van der Waals surface area contributed by atoms with Gasteiger partial charge in [0.05, 0.1) is 16.7 Å². The highest BCUT2D eigenvalue weighted by molar-refractivity contribution is 5.96. The molecule has 0 bridgehead atoms. The Labute approximate surface area is 193 Å². The number of rotatable bonds is 6. The number of ether oxygens (including phenoxy) is 2. The van der Waals surface area contributed by atoms with E-state index >= 15 is 0 Å². The van der Waals surface area contributed by atoms with E-state index in [2.05, 4.69) is 14.5 Å². The second kappa shape index (κ2) is 7.68. The number of aryl methyl sites for hydroxylation is 1. The summed E-state index contributed by atoms with van der Waals surface area (Å²) in [7, 11) is 0. The van der Waals surface area contributed by atoms with Crippen LogP contribution in [0.3, 0.4) is 0 Å². The molecule has 8 heteroatoms. The smallest absolute Gasteiger partial charge is 0.395 e. The Balaban J connectivity index is 1.41. The van der Waals surface area contributed by atoms with Crippen LogP contribution in [-0.2, 0) is 16.6 Å². The normalized spacial score (nSPS) is 16.9. The molecule has 0 unspecified atom stereocenters. The van der Waals surface area contributed by atoms with E-state index in [9.17, 15) is 22.8 Å². The average Bonchev–Trinajstić information content (AvgIpc) is 3.52. The molecule has 1 aromatic heterocycles. The van der Waals surface area contributed by atoms with Gasteiger partial charge in [0.2, 0.25) is 0 Å². The number of Topliss-reactive ketones (excluding diaryl/α,β-unsaturated/α-hetero) is 2. The summed E-state index contributed by atoms with van der Waals surface area (Å²) in [5.41, 5.74) is 2.29. The zero-order chi connectivity index (χ0) is 24.3. The highest BCUT2D eigenvalue weighted by atomic mass is 19.3. The molecule has 2 aromatic carbocycles. The zero-order valence-corrected chi connectivity index (χ0v) is 18.5. The number of pyridine rings is 1. The van der Waals surface area contributed by atoms with Crippen LogP contribution in [-0.4, -0.2) is 22.8 Å². The number of hydrogen-bond donors (Lipinski definition) is 0. The summed E-state index contributed by atoms with van der Waals surface area (Å²) in [6, 6.07) is 12.3. The van der Waals surface area contributed by atoms with Gasteiger partial charge in [-0.25, -0.2) is 4.39 Å². The summed E-state index contributed by atoms with van der Waals surface area (Å²) in [6.45, 7) is 3.14. The number of carbonyl (C=O) groups is 2. The van der Waals surface area contributed by atoms with Crippen LogP contribution in [0.2, 0.25) is 0 Å². The van der Waals surface area contributed by atoms with Gasteiger partial charge in [-0.1, -0.05) is 12.1 Å². The van der Waals surface area contributed by atoms with Gasteiger partial charge in [-0.3, -0.25) is 14.6 Å². The second-order valence-electron chi connectivity index (χ2n) is 8.73. The maximum atomic E-state index is 14.0. The number of aromatic nitrogens is 1. The molecule has 0 radical (unpaired) electrons. The molecule has 1 saturated carbocycles. The van der Waals surface area contributed by atoms with Gasteiger partial charge < -0.3 is 9.47 Å². The van der Waals surface area contributed by atoms with Crippen LogP contribution in [0.4, 0.5) is 13.2 Å². The van der Waals surface area contributed by atoms with Crippen molar-refractivity contribution >= 4 is 11.6 Å².